The average Bonchev–Trinajstić information content (AvgIpc) is 2.80. The van der Waals surface area contributed by atoms with Crippen molar-refractivity contribution in [3.8, 4) is 0 Å². The van der Waals surface area contributed by atoms with Crippen LogP contribution >= 0.6 is 0 Å². The molecule has 32 heavy (non-hydrogen) atoms. The summed E-state index contributed by atoms with van der Waals surface area (Å²) < 4.78 is 0. The van der Waals surface area contributed by atoms with Gasteiger partial charge < -0.3 is 10.6 Å². The van der Waals surface area contributed by atoms with Gasteiger partial charge in [0.05, 0.1) is 6.04 Å². The third-order valence-electron chi connectivity index (χ3n) is 5.36. The molecule has 2 N–H and O–H groups in total. The van der Waals surface area contributed by atoms with E-state index in [2.05, 4.69) is 61.5 Å². The molecule has 5 nitrogen and oxygen atoms in total. The molecular formula is C27H32N4O. The molecule has 1 atom stereocenters. The summed E-state index contributed by atoms with van der Waals surface area (Å²) in [5, 5.41) is 6.13. The third kappa shape index (κ3) is 6.27. The lowest BCUT2D eigenvalue weighted by Crippen LogP contribution is -2.33. The Hall–Kier alpha value is -3.47. The summed E-state index contributed by atoms with van der Waals surface area (Å²) in [6, 6.07) is 19.6. The molecule has 0 aliphatic rings. The number of aliphatic imine (C=N–C) groups is 1. The Bertz CT molecular complexity index is 1000. The zero-order valence-corrected chi connectivity index (χ0v) is 19.2. The van der Waals surface area contributed by atoms with Crippen molar-refractivity contribution in [1.82, 2.24) is 10.3 Å². The number of anilines is 1. The van der Waals surface area contributed by atoms with Gasteiger partial charge in [-0.25, -0.2) is 4.79 Å². The second kappa shape index (κ2) is 11.2. The van der Waals surface area contributed by atoms with Crippen molar-refractivity contribution < 1.29 is 4.79 Å². The Morgan fingerprint density at radius 2 is 1.53 bits per heavy atom. The topological polar surface area (TPSA) is 66.4 Å². The van der Waals surface area contributed by atoms with E-state index in [4.69, 9.17) is 4.99 Å². The summed E-state index contributed by atoms with van der Waals surface area (Å²) in [5.74, 6) is 0.622. The Balaban J connectivity index is 1.75. The second-order valence-corrected chi connectivity index (χ2v) is 8.44. The summed E-state index contributed by atoms with van der Waals surface area (Å²) in [6.45, 7) is 8.95. The Kier molecular flexibility index (Phi) is 8.14. The standard InChI is InChI=1S/C27H32N4O/c1-19(2)23-11-8-12-24(20(3)4)26(23)31-27(32)30-18-25(22-9-6-5-7-10-22)29-17-21-13-15-28-16-14-21/h5-17,19-20,25H,18H2,1-4H3,(H2,30,31,32)/t25-/m1/s1. The highest BCUT2D eigenvalue weighted by molar-refractivity contribution is 5.91. The van der Waals surface area contributed by atoms with Gasteiger partial charge in [0.15, 0.2) is 0 Å². The minimum absolute atomic E-state index is 0.194. The van der Waals surface area contributed by atoms with E-state index in [1.165, 1.54) is 0 Å². The number of hydrogen-bond donors (Lipinski definition) is 2. The molecular weight excluding hydrogens is 396 g/mol. The van der Waals surface area contributed by atoms with Crippen LogP contribution in [0.5, 0.6) is 0 Å². The molecule has 0 saturated heterocycles. The van der Waals surface area contributed by atoms with Gasteiger partial charge in [-0.2, -0.15) is 0 Å². The monoisotopic (exact) mass is 428 g/mol. The molecule has 0 aliphatic carbocycles. The van der Waals surface area contributed by atoms with Gasteiger partial charge >= 0.3 is 6.03 Å². The van der Waals surface area contributed by atoms with Crippen molar-refractivity contribution in [2.75, 3.05) is 11.9 Å². The number of rotatable bonds is 8. The minimum Gasteiger partial charge on any atom is -0.335 e. The molecule has 0 radical (unpaired) electrons. The van der Waals surface area contributed by atoms with Crippen LogP contribution in [0.15, 0.2) is 78.0 Å². The highest BCUT2D eigenvalue weighted by Crippen LogP contribution is 2.32. The number of amides is 2. The Labute approximate surface area is 191 Å². The van der Waals surface area contributed by atoms with Crippen LogP contribution in [0.2, 0.25) is 0 Å². The fraction of sp³-hybridized carbons (Fsp3) is 0.296. The maximum absolute atomic E-state index is 12.9. The van der Waals surface area contributed by atoms with E-state index in [0.717, 1.165) is 27.9 Å². The van der Waals surface area contributed by atoms with E-state index in [1.54, 1.807) is 12.4 Å². The number of urea groups is 1. The van der Waals surface area contributed by atoms with Gasteiger partial charge in [0.1, 0.15) is 0 Å². The molecule has 3 aromatic rings. The van der Waals surface area contributed by atoms with Crippen molar-refractivity contribution >= 4 is 17.9 Å². The lowest BCUT2D eigenvalue weighted by molar-refractivity contribution is 0.251. The van der Waals surface area contributed by atoms with Crippen molar-refractivity contribution in [3.05, 3.63) is 95.3 Å². The molecule has 1 heterocycles. The average molecular weight is 429 g/mol. The van der Waals surface area contributed by atoms with Gasteiger partial charge in [-0.15, -0.1) is 0 Å². The quantitative estimate of drug-likeness (QED) is 0.413. The number of pyridine rings is 1. The first kappa shape index (κ1) is 23.2. The van der Waals surface area contributed by atoms with E-state index in [-0.39, 0.29) is 12.1 Å². The van der Waals surface area contributed by atoms with E-state index < -0.39 is 0 Å². The van der Waals surface area contributed by atoms with Gasteiger partial charge in [0, 0.05) is 30.8 Å². The summed E-state index contributed by atoms with van der Waals surface area (Å²) in [4.78, 5) is 21.7. The smallest absolute Gasteiger partial charge is 0.319 e. The van der Waals surface area contributed by atoms with Gasteiger partial charge in [-0.1, -0.05) is 76.2 Å². The largest absolute Gasteiger partial charge is 0.335 e. The van der Waals surface area contributed by atoms with Crippen LogP contribution in [-0.4, -0.2) is 23.8 Å². The first-order valence-corrected chi connectivity index (χ1v) is 11.1. The number of hydrogen-bond acceptors (Lipinski definition) is 3. The van der Waals surface area contributed by atoms with Crippen molar-refractivity contribution in [1.29, 1.82) is 0 Å². The first-order valence-electron chi connectivity index (χ1n) is 11.1. The van der Waals surface area contributed by atoms with E-state index in [1.807, 2.05) is 48.7 Å². The Morgan fingerprint density at radius 3 is 2.12 bits per heavy atom. The molecule has 166 valence electrons. The molecule has 0 unspecified atom stereocenters. The highest BCUT2D eigenvalue weighted by atomic mass is 16.2. The molecule has 2 amide bonds. The fourth-order valence-corrected chi connectivity index (χ4v) is 3.60. The summed E-state index contributed by atoms with van der Waals surface area (Å²) in [7, 11) is 0. The first-order chi connectivity index (χ1) is 15.5. The zero-order valence-electron chi connectivity index (χ0n) is 19.2. The molecule has 0 bridgehead atoms. The number of benzene rings is 2. The molecule has 0 spiro atoms. The van der Waals surface area contributed by atoms with E-state index in [9.17, 15) is 4.79 Å². The molecule has 2 aromatic carbocycles. The lowest BCUT2D eigenvalue weighted by atomic mass is 9.93. The van der Waals surface area contributed by atoms with Crippen LogP contribution in [0.1, 0.15) is 67.8 Å². The highest BCUT2D eigenvalue weighted by Gasteiger charge is 2.17. The van der Waals surface area contributed by atoms with E-state index >= 15 is 0 Å². The summed E-state index contributed by atoms with van der Waals surface area (Å²) >= 11 is 0. The van der Waals surface area contributed by atoms with Crippen LogP contribution < -0.4 is 10.6 Å². The van der Waals surface area contributed by atoms with Crippen LogP contribution in [0.4, 0.5) is 10.5 Å². The van der Waals surface area contributed by atoms with Gasteiger partial charge in [0.25, 0.3) is 0 Å². The van der Waals surface area contributed by atoms with Crippen molar-refractivity contribution in [3.63, 3.8) is 0 Å². The second-order valence-electron chi connectivity index (χ2n) is 8.44. The number of aromatic nitrogens is 1. The fourth-order valence-electron chi connectivity index (χ4n) is 3.60. The number of nitrogens with one attached hydrogen (secondary N) is 2. The SMILES string of the molecule is CC(C)c1cccc(C(C)C)c1NC(=O)NC[C@@H](N=Cc1ccncc1)c1ccccc1. The minimum atomic E-state index is -0.222. The molecule has 3 rings (SSSR count). The van der Waals surface area contributed by atoms with Crippen molar-refractivity contribution in [2.45, 2.75) is 45.6 Å². The molecule has 0 saturated carbocycles. The maximum Gasteiger partial charge on any atom is 0.319 e. The predicted molar refractivity (Wildman–Crippen MR) is 133 cm³/mol. The molecule has 0 aliphatic heterocycles. The Morgan fingerprint density at radius 1 is 0.906 bits per heavy atom. The van der Waals surface area contributed by atoms with Crippen LogP contribution in [0, 0.1) is 0 Å². The molecule has 0 fully saturated rings. The van der Waals surface area contributed by atoms with Gasteiger partial charge in [-0.05, 0) is 46.2 Å². The van der Waals surface area contributed by atoms with Gasteiger partial charge in [0.2, 0.25) is 0 Å². The molecule has 5 heteroatoms. The third-order valence-corrected chi connectivity index (χ3v) is 5.36. The number of para-hydroxylation sites is 1. The number of carbonyl (C=O) groups is 1. The van der Waals surface area contributed by atoms with Crippen molar-refractivity contribution in [2.24, 2.45) is 4.99 Å². The molecule has 1 aromatic heterocycles. The maximum atomic E-state index is 12.9. The van der Waals surface area contributed by atoms with Crippen LogP contribution in [0.3, 0.4) is 0 Å². The lowest BCUT2D eigenvalue weighted by Gasteiger charge is -2.21. The number of nitrogens with zero attached hydrogens (tertiary/aromatic N) is 2. The van der Waals surface area contributed by atoms with Crippen LogP contribution in [-0.2, 0) is 0 Å². The number of carbonyl (C=O) groups excluding carboxylic acids is 1. The predicted octanol–water partition coefficient (Wildman–Crippen LogP) is 6.31. The van der Waals surface area contributed by atoms with Crippen LogP contribution in [0.25, 0.3) is 0 Å². The van der Waals surface area contributed by atoms with E-state index in [0.29, 0.717) is 18.4 Å². The summed E-state index contributed by atoms with van der Waals surface area (Å²) in [5.41, 5.74) is 5.20. The normalized spacial score (nSPS) is 12.3. The zero-order chi connectivity index (χ0) is 22.9. The summed E-state index contributed by atoms with van der Waals surface area (Å²) in [6.07, 6.45) is 5.30. The van der Waals surface area contributed by atoms with Gasteiger partial charge in [-0.3, -0.25) is 9.98 Å².